The number of hydrogen-bond donors (Lipinski definition) is 1. The summed E-state index contributed by atoms with van der Waals surface area (Å²) >= 11 is 4.80. The van der Waals surface area contributed by atoms with E-state index in [1.807, 2.05) is 18.2 Å². The van der Waals surface area contributed by atoms with Crippen LogP contribution in [0.3, 0.4) is 0 Å². The molecule has 0 aliphatic heterocycles. The van der Waals surface area contributed by atoms with Crippen LogP contribution in [0.25, 0.3) is 0 Å². The molecule has 1 aromatic carbocycles. The lowest BCUT2D eigenvalue weighted by atomic mass is 10.2. The molecule has 16 heavy (non-hydrogen) atoms. The number of thioether (sulfide) groups is 1. The fraction of sp³-hybridized carbons (Fsp3) is 0.250. The van der Waals surface area contributed by atoms with Crippen LogP contribution in [0, 0.1) is 0 Å². The number of carbonyl (C=O) groups excluding carboxylic acids is 1. The molecule has 0 aliphatic carbocycles. The van der Waals surface area contributed by atoms with Gasteiger partial charge in [-0.05, 0) is 5.56 Å². The summed E-state index contributed by atoms with van der Waals surface area (Å²) in [5, 5.41) is 2.76. The highest BCUT2D eigenvalue weighted by atomic mass is 79.9. The monoisotopic (exact) mass is 299 g/mol. The van der Waals surface area contributed by atoms with Crippen molar-refractivity contribution in [3.63, 3.8) is 0 Å². The van der Waals surface area contributed by atoms with Crippen molar-refractivity contribution in [2.45, 2.75) is 5.75 Å². The van der Waals surface area contributed by atoms with E-state index in [1.165, 1.54) is 5.56 Å². The molecule has 0 unspecified atom stereocenters. The lowest BCUT2D eigenvalue weighted by Crippen LogP contribution is -2.26. The molecule has 1 aromatic rings. The van der Waals surface area contributed by atoms with Gasteiger partial charge in [0.15, 0.2) is 0 Å². The molecule has 0 aliphatic rings. The first-order valence-electron chi connectivity index (χ1n) is 4.90. The van der Waals surface area contributed by atoms with Crippen molar-refractivity contribution in [3.05, 3.63) is 47.0 Å². The summed E-state index contributed by atoms with van der Waals surface area (Å²) in [6.07, 6.45) is 0. The first-order valence-corrected chi connectivity index (χ1v) is 6.85. The van der Waals surface area contributed by atoms with Crippen LogP contribution in [-0.4, -0.2) is 18.2 Å². The van der Waals surface area contributed by atoms with Crippen molar-refractivity contribution in [1.29, 1.82) is 0 Å². The van der Waals surface area contributed by atoms with E-state index < -0.39 is 0 Å². The topological polar surface area (TPSA) is 29.1 Å². The molecule has 1 rings (SSSR count). The summed E-state index contributed by atoms with van der Waals surface area (Å²) < 4.78 is 0.786. The standard InChI is InChI=1S/C12H14BrNOS/c1-10(13)7-14-12(15)9-16-8-11-5-3-2-4-6-11/h2-6H,1,7-9H2,(H,14,15). The molecule has 1 N–H and O–H groups in total. The van der Waals surface area contributed by atoms with Gasteiger partial charge in [-0.15, -0.1) is 11.8 Å². The van der Waals surface area contributed by atoms with E-state index in [2.05, 4.69) is 40.0 Å². The number of carbonyl (C=O) groups is 1. The molecule has 0 fully saturated rings. The van der Waals surface area contributed by atoms with Crippen molar-refractivity contribution >= 4 is 33.6 Å². The highest BCUT2D eigenvalue weighted by molar-refractivity contribution is 9.11. The number of hydrogen-bond acceptors (Lipinski definition) is 2. The van der Waals surface area contributed by atoms with Crippen LogP contribution in [0.1, 0.15) is 5.56 Å². The first kappa shape index (κ1) is 13.3. The third-order valence-corrected chi connectivity index (χ3v) is 3.11. The minimum absolute atomic E-state index is 0.0431. The molecule has 0 atom stereocenters. The minimum atomic E-state index is 0.0431. The maximum Gasteiger partial charge on any atom is 0.230 e. The van der Waals surface area contributed by atoms with Gasteiger partial charge in [-0.1, -0.05) is 52.8 Å². The summed E-state index contributed by atoms with van der Waals surface area (Å²) in [7, 11) is 0. The Bertz CT molecular complexity index is 353. The lowest BCUT2D eigenvalue weighted by Gasteiger charge is -2.04. The Hall–Kier alpha value is -0.740. The zero-order chi connectivity index (χ0) is 11.8. The summed E-state index contributed by atoms with van der Waals surface area (Å²) in [4.78, 5) is 11.3. The second kappa shape index (κ2) is 7.52. The van der Waals surface area contributed by atoms with Gasteiger partial charge in [-0.2, -0.15) is 0 Å². The number of rotatable bonds is 6. The summed E-state index contributed by atoms with van der Waals surface area (Å²) in [5.74, 6) is 1.39. The number of benzene rings is 1. The van der Waals surface area contributed by atoms with E-state index in [9.17, 15) is 4.79 Å². The lowest BCUT2D eigenvalue weighted by molar-refractivity contribution is -0.118. The molecular formula is C12H14BrNOS. The second-order valence-corrected chi connectivity index (χ2v) is 5.38. The summed E-state index contributed by atoms with van der Waals surface area (Å²) in [5.41, 5.74) is 1.24. The van der Waals surface area contributed by atoms with E-state index in [1.54, 1.807) is 11.8 Å². The average Bonchev–Trinajstić information content (AvgIpc) is 2.28. The molecule has 0 radical (unpaired) electrons. The van der Waals surface area contributed by atoms with E-state index in [0.29, 0.717) is 12.3 Å². The Morgan fingerprint density at radius 3 is 2.69 bits per heavy atom. The Morgan fingerprint density at radius 1 is 1.38 bits per heavy atom. The second-order valence-electron chi connectivity index (χ2n) is 3.27. The Morgan fingerprint density at radius 2 is 2.06 bits per heavy atom. The smallest absolute Gasteiger partial charge is 0.230 e. The summed E-state index contributed by atoms with van der Waals surface area (Å²) in [6.45, 7) is 4.14. The fourth-order valence-corrected chi connectivity index (χ4v) is 2.04. The summed E-state index contributed by atoms with van der Waals surface area (Å²) in [6, 6.07) is 10.1. The van der Waals surface area contributed by atoms with Crippen molar-refractivity contribution in [2.75, 3.05) is 12.3 Å². The van der Waals surface area contributed by atoms with Gasteiger partial charge in [0.05, 0.1) is 5.75 Å². The van der Waals surface area contributed by atoms with Crippen LogP contribution in [0.15, 0.2) is 41.4 Å². The van der Waals surface area contributed by atoms with E-state index >= 15 is 0 Å². The van der Waals surface area contributed by atoms with Crippen LogP contribution in [0.4, 0.5) is 0 Å². The number of nitrogens with one attached hydrogen (secondary N) is 1. The predicted molar refractivity (Wildman–Crippen MR) is 73.7 cm³/mol. The molecule has 0 spiro atoms. The van der Waals surface area contributed by atoms with Gasteiger partial charge in [0.1, 0.15) is 0 Å². The normalized spacial score (nSPS) is 9.81. The van der Waals surface area contributed by atoms with Crippen LogP contribution >= 0.6 is 27.7 Å². The third-order valence-electron chi connectivity index (χ3n) is 1.82. The quantitative estimate of drug-likeness (QED) is 0.875. The van der Waals surface area contributed by atoms with Gasteiger partial charge in [0.2, 0.25) is 5.91 Å². The zero-order valence-corrected chi connectivity index (χ0v) is 11.3. The van der Waals surface area contributed by atoms with E-state index in [4.69, 9.17) is 0 Å². The van der Waals surface area contributed by atoms with Crippen LogP contribution in [0.2, 0.25) is 0 Å². The third kappa shape index (κ3) is 5.98. The predicted octanol–water partition coefficient (Wildman–Crippen LogP) is 2.94. The Kier molecular flexibility index (Phi) is 6.26. The Balaban J connectivity index is 2.16. The first-order chi connectivity index (χ1) is 7.68. The van der Waals surface area contributed by atoms with Gasteiger partial charge in [-0.3, -0.25) is 4.79 Å². The Labute approximate surface area is 109 Å². The van der Waals surface area contributed by atoms with Gasteiger partial charge in [0, 0.05) is 16.8 Å². The van der Waals surface area contributed by atoms with E-state index in [0.717, 1.165) is 10.2 Å². The maximum atomic E-state index is 11.3. The van der Waals surface area contributed by atoms with Gasteiger partial charge < -0.3 is 5.32 Å². The molecule has 4 heteroatoms. The highest BCUT2D eigenvalue weighted by Gasteiger charge is 2.01. The average molecular weight is 300 g/mol. The molecule has 1 amide bonds. The maximum absolute atomic E-state index is 11.3. The van der Waals surface area contributed by atoms with Gasteiger partial charge in [-0.25, -0.2) is 0 Å². The molecule has 0 heterocycles. The highest BCUT2D eigenvalue weighted by Crippen LogP contribution is 2.11. The van der Waals surface area contributed by atoms with E-state index in [-0.39, 0.29) is 5.91 Å². The van der Waals surface area contributed by atoms with Gasteiger partial charge >= 0.3 is 0 Å². The molecule has 0 aromatic heterocycles. The number of amides is 1. The van der Waals surface area contributed by atoms with Crippen molar-refractivity contribution in [2.24, 2.45) is 0 Å². The van der Waals surface area contributed by atoms with Crippen molar-refractivity contribution in [3.8, 4) is 0 Å². The molecule has 2 nitrogen and oxygen atoms in total. The van der Waals surface area contributed by atoms with Gasteiger partial charge in [0.25, 0.3) is 0 Å². The molecule has 0 saturated carbocycles. The zero-order valence-electron chi connectivity index (χ0n) is 8.91. The molecule has 0 bridgehead atoms. The van der Waals surface area contributed by atoms with Crippen LogP contribution in [0.5, 0.6) is 0 Å². The SMILES string of the molecule is C=C(Br)CNC(=O)CSCc1ccccc1. The molecule has 86 valence electrons. The number of halogens is 1. The minimum Gasteiger partial charge on any atom is -0.351 e. The molecular weight excluding hydrogens is 286 g/mol. The molecule has 0 saturated heterocycles. The van der Waals surface area contributed by atoms with Crippen LogP contribution in [-0.2, 0) is 10.5 Å². The van der Waals surface area contributed by atoms with Crippen molar-refractivity contribution in [1.82, 2.24) is 5.32 Å². The van der Waals surface area contributed by atoms with Crippen molar-refractivity contribution < 1.29 is 4.79 Å². The fourth-order valence-electron chi connectivity index (χ4n) is 1.08. The van der Waals surface area contributed by atoms with Crippen LogP contribution < -0.4 is 5.32 Å². The largest absolute Gasteiger partial charge is 0.351 e.